The van der Waals surface area contributed by atoms with Crippen molar-refractivity contribution in [2.24, 2.45) is 5.41 Å². The Hall–Kier alpha value is -1.39. The van der Waals surface area contributed by atoms with Gasteiger partial charge in [-0.15, -0.1) is 0 Å². The van der Waals surface area contributed by atoms with E-state index in [1.54, 1.807) is 0 Å². The highest BCUT2D eigenvalue weighted by Gasteiger charge is 2.68. The normalized spacial score (nSPS) is 28.0. The molecule has 0 aliphatic carbocycles. The molecule has 0 bridgehead atoms. The summed E-state index contributed by atoms with van der Waals surface area (Å²) in [5, 5.41) is 9.39. The van der Waals surface area contributed by atoms with Crippen LogP contribution in [0.4, 0.5) is 0 Å². The summed E-state index contributed by atoms with van der Waals surface area (Å²) < 4.78 is 11.2. The second-order valence-electron chi connectivity index (χ2n) is 6.01. The van der Waals surface area contributed by atoms with Crippen LogP contribution >= 0.6 is 0 Å². The molecule has 1 saturated heterocycles. The number of aliphatic hydroxyl groups is 1. The fourth-order valence-corrected chi connectivity index (χ4v) is 2.79. The Morgan fingerprint density at radius 1 is 1.35 bits per heavy atom. The van der Waals surface area contributed by atoms with Crippen molar-refractivity contribution >= 4 is 5.97 Å². The van der Waals surface area contributed by atoms with Crippen LogP contribution in [0.5, 0.6) is 0 Å². The van der Waals surface area contributed by atoms with Crippen molar-refractivity contribution in [3.05, 3.63) is 35.9 Å². The molecule has 0 amide bonds. The summed E-state index contributed by atoms with van der Waals surface area (Å²) in [5.41, 5.74) is -0.915. The van der Waals surface area contributed by atoms with Gasteiger partial charge in [-0.1, -0.05) is 44.2 Å². The molecule has 110 valence electrons. The van der Waals surface area contributed by atoms with Crippen LogP contribution in [-0.4, -0.2) is 29.9 Å². The largest absolute Gasteiger partial charge is 0.461 e. The molecular weight excluding hydrogens is 256 g/mol. The van der Waals surface area contributed by atoms with Crippen molar-refractivity contribution in [3.8, 4) is 0 Å². The van der Waals surface area contributed by atoms with E-state index in [1.165, 1.54) is 0 Å². The molecule has 1 aliphatic heterocycles. The van der Waals surface area contributed by atoms with Crippen LogP contribution in [0.25, 0.3) is 0 Å². The number of ether oxygens (including phenoxy) is 2. The molecule has 20 heavy (non-hydrogen) atoms. The van der Waals surface area contributed by atoms with Gasteiger partial charge in [-0.2, -0.15) is 0 Å². The average Bonchev–Trinajstić information content (AvgIpc) is 2.38. The number of carbonyl (C=O) groups excluding carboxylic acids is 1. The lowest BCUT2D eigenvalue weighted by Crippen LogP contribution is -2.69. The third-order valence-corrected chi connectivity index (χ3v) is 4.01. The van der Waals surface area contributed by atoms with Crippen LogP contribution in [-0.2, 0) is 19.9 Å². The average molecular weight is 278 g/mol. The quantitative estimate of drug-likeness (QED) is 0.858. The summed E-state index contributed by atoms with van der Waals surface area (Å²) in [6.07, 6.45) is -0.585. The zero-order valence-electron chi connectivity index (χ0n) is 12.4. The number of hydrogen-bond acceptors (Lipinski definition) is 4. The lowest BCUT2D eigenvalue weighted by molar-refractivity contribution is -0.318. The van der Waals surface area contributed by atoms with E-state index in [9.17, 15) is 9.90 Å². The van der Waals surface area contributed by atoms with Crippen molar-refractivity contribution in [2.75, 3.05) is 6.61 Å². The Balaban J connectivity index is 2.44. The van der Waals surface area contributed by atoms with Gasteiger partial charge >= 0.3 is 5.97 Å². The second kappa shape index (κ2) is 5.19. The first-order chi connectivity index (χ1) is 9.36. The molecular formula is C16H22O4. The van der Waals surface area contributed by atoms with Crippen molar-refractivity contribution in [3.63, 3.8) is 0 Å². The Bertz CT molecular complexity index is 481. The molecule has 1 aliphatic rings. The molecule has 1 aromatic rings. The van der Waals surface area contributed by atoms with Gasteiger partial charge in [-0.25, -0.2) is 4.79 Å². The van der Waals surface area contributed by atoms with Gasteiger partial charge in [0.1, 0.15) is 0 Å². The van der Waals surface area contributed by atoms with E-state index in [0.29, 0.717) is 0 Å². The summed E-state index contributed by atoms with van der Waals surface area (Å²) in [4.78, 5) is 12.6. The molecule has 0 spiro atoms. The summed E-state index contributed by atoms with van der Waals surface area (Å²) in [6, 6.07) is 9.34. The molecule has 4 nitrogen and oxygen atoms in total. The molecule has 0 unspecified atom stereocenters. The molecule has 0 radical (unpaired) electrons. The Morgan fingerprint density at radius 2 is 1.95 bits per heavy atom. The van der Waals surface area contributed by atoms with E-state index in [0.717, 1.165) is 5.56 Å². The Kier molecular flexibility index (Phi) is 3.89. The lowest BCUT2D eigenvalue weighted by atomic mass is 9.62. The summed E-state index contributed by atoms with van der Waals surface area (Å²) in [5.74, 6) is -0.395. The summed E-state index contributed by atoms with van der Waals surface area (Å²) in [6.45, 7) is 7.35. The van der Waals surface area contributed by atoms with Gasteiger partial charge in [0.2, 0.25) is 0 Å². The van der Waals surface area contributed by atoms with Crippen LogP contribution in [0.1, 0.15) is 33.3 Å². The number of hydrogen-bond donors (Lipinski definition) is 1. The molecule has 2 rings (SSSR count). The van der Waals surface area contributed by atoms with Gasteiger partial charge in [0, 0.05) is 5.41 Å². The first-order valence-electron chi connectivity index (χ1n) is 6.91. The molecule has 1 N–H and O–H groups in total. The number of rotatable bonds is 4. The minimum absolute atomic E-state index is 0.115. The zero-order chi connectivity index (χ0) is 15.0. The summed E-state index contributed by atoms with van der Waals surface area (Å²) in [7, 11) is 0. The second-order valence-corrected chi connectivity index (χ2v) is 6.01. The number of aliphatic hydroxyl groups excluding tert-OH is 1. The predicted octanol–water partition coefficient (Wildman–Crippen LogP) is 2.25. The first kappa shape index (κ1) is 15.0. The van der Waals surface area contributed by atoms with Crippen LogP contribution in [0.15, 0.2) is 30.3 Å². The van der Waals surface area contributed by atoms with Crippen molar-refractivity contribution in [1.29, 1.82) is 0 Å². The first-order valence-corrected chi connectivity index (χ1v) is 6.91. The minimum Gasteiger partial charge on any atom is -0.461 e. The number of benzene rings is 1. The smallest absolute Gasteiger partial charge is 0.344 e. The van der Waals surface area contributed by atoms with Crippen LogP contribution in [0, 0.1) is 5.41 Å². The van der Waals surface area contributed by atoms with Gasteiger partial charge in [0.15, 0.2) is 5.60 Å². The van der Waals surface area contributed by atoms with Crippen LogP contribution < -0.4 is 0 Å². The van der Waals surface area contributed by atoms with Gasteiger partial charge in [-0.3, -0.25) is 0 Å². The molecule has 2 atom stereocenters. The fraction of sp³-hybridized carbons (Fsp3) is 0.562. The van der Waals surface area contributed by atoms with Gasteiger partial charge in [0.25, 0.3) is 0 Å². The fourth-order valence-electron chi connectivity index (χ4n) is 2.79. The molecule has 1 fully saturated rings. The van der Waals surface area contributed by atoms with E-state index in [-0.39, 0.29) is 18.8 Å². The number of esters is 1. The third kappa shape index (κ3) is 2.03. The molecule has 4 heteroatoms. The van der Waals surface area contributed by atoms with E-state index in [2.05, 4.69) is 0 Å². The van der Waals surface area contributed by atoms with Crippen molar-refractivity contribution in [1.82, 2.24) is 0 Å². The highest BCUT2D eigenvalue weighted by atomic mass is 16.6. The number of carbonyl (C=O) groups is 1. The van der Waals surface area contributed by atoms with E-state index >= 15 is 0 Å². The third-order valence-electron chi connectivity index (χ3n) is 4.01. The maximum Gasteiger partial charge on any atom is 0.344 e. The minimum atomic E-state index is -1.15. The van der Waals surface area contributed by atoms with E-state index in [4.69, 9.17) is 9.47 Å². The zero-order valence-corrected chi connectivity index (χ0v) is 12.4. The van der Waals surface area contributed by atoms with Gasteiger partial charge in [-0.05, 0) is 19.4 Å². The van der Waals surface area contributed by atoms with Gasteiger partial charge < -0.3 is 14.6 Å². The SMILES string of the molecule is CC(C)OC(=O)[C@@]1(c2ccccc2)O[C@H](CO)C1(C)C. The highest BCUT2D eigenvalue weighted by molar-refractivity contribution is 5.84. The van der Waals surface area contributed by atoms with Crippen molar-refractivity contribution < 1.29 is 19.4 Å². The van der Waals surface area contributed by atoms with Gasteiger partial charge in [0.05, 0.1) is 18.8 Å². The molecule has 1 heterocycles. The topological polar surface area (TPSA) is 55.8 Å². The predicted molar refractivity (Wildman–Crippen MR) is 75.1 cm³/mol. The van der Waals surface area contributed by atoms with E-state index < -0.39 is 17.0 Å². The molecule has 0 saturated carbocycles. The highest BCUT2D eigenvalue weighted by Crippen LogP contribution is 2.56. The maximum atomic E-state index is 12.6. The Morgan fingerprint density at radius 3 is 2.40 bits per heavy atom. The molecule has 1 aromatic carbocycles. The van der Waals surface area contributed by atoms with Crippen LogP contribution in [0.3, 0.4) is 0 Å². The lowest BCUT2D eigenvalue weighted by Gasteiger charge is -2.58. The monoisotopic (exact) mass is 278 g/mol. The summed E-state index contributed by atoms with van der Waals surface area (Å²) >= 11 is 0. The van der Waals surface area contributed by atoms with E-state index in [1.807, 2.05) is 58.0 Å². The maximum absolute atomic E-state index is 12.6. The Labute approximate surface area is 119 Å². The standard InChI is InChI=1S/C16H22O4/c1-11(2)19-14(18)16(12-8-6-5-7-9-12)15(3,4)13(10-17)20-16/h5-9,11,13,17H,10H2,1-4H3/t13-,16-/m1/s1. The van der Waals surface area contributed by atoms with Crippen molar-refractivity contribution in [2.45, 2.75) is 45.5 Å². The van der Waals surface area contributed by atoms with Crippen LogP contribution in [0.2, 0.25) is 0 Å². The molecule has 0 aromatic heterocycles.